The van der Waals surface area contributed by atoms with Crippen LogP contribution in [-0.4, -0.2) is 5.11 Å². The van der Waals surface area contributed by atoms with Gasteiger partial charge in [0.1, 0.15) is 11.6 Å². The van der Waals surface area contributed by atoms with E-state index in [9.17, 15) is 9.50 Å². The van der Waals surface area contributed by atoms with E-state index in [1.165, 1.54) is 12.1 Å². The third-order valence-corrected chi connectivity index (χ3v) is 2.85. The van der Waals surface area contributed by atoms with Crippen molar-refractivity contribution in [1.29, 1.82) is 0 Å². The number of nitrogens with one attached hydrogen (secondary N) is 1. The van der Waals surface area contributed by atoms with E-state index in [1.807, 2.05) is 19.1 Å². The highest BCUT2D eigenvalue weighted by Crippen LogP contribution is 2.21. The minimum Gasteiger partial charge on any atom is -0.508 e. The summed E-state index contributed by atoms with van der Waals surface area (Å²) < 4.78 is 13.1. The van der Waals surface area contributed by atoms with Gasteiger partial charge in [-0.2, -0.15) is 0 Å². The Morgan fingerprint density at radius 2 is 2.00 bits per heavy atom. The van der Waals surface area contributed by atoms with Crippen molar-refractivity contribution in [3.63, 3.8) is 0 Å². The van der Waals surface area contributed by atoms with Gasteiger partial charge in [-0.15, -0.1) is 0 Å². The zero-order chi connectivity index (χ0) is 13.1. The molecule has 0 aliphatic carbocycles. The van der Waals surface area contributed by atoms with Crippen LogP contribution >= 0.6 is 11.6 Å². The summed E-state index contributed by atoms with van der Waals surface area (Å²) in [5.41, 5.74) is 2.63. The minimum atomic E-state index is -0.445. The molecule has 0 saturated carbocycles. The highest BCUT2D eigenvalue weighted by molar-refractivity contribution is 6.30. The number of halogens is 2. The fraction of sp³-hybridized carbons (Fsp3) is 0.143. The smallest absolute Gasteiger partial charge is 0.127 e. The maximum absolute atomic E-state index is 13.1. The molecular formula is C14H13ClFNO. The van der Waals surface area contributed by atoms with Gasteiger partial charge in [0.15, 0.2) is 0 Å². The van der Waals surface area contributed by atoms with Gasteiger partial charge < -0.3 is 10.4 Å². The summed E-state index contributed by atoms with van der Waals surface area (Å²) >= 11 is 5.87. The van der Waals surface area contributed by atoms with E-state index in [0.717, 1.165) is 17.3 Å². The molecule has 0 bridgehead atoms. The predicted octanol–water partition coefficient (Wildman–Crippen LogP) is 4.11. The van der Waals surface area contributed by atoms with Crippen LogP contribution in [0.4, 0.5) is 10.1 Å². The Morgan fingerprint density at radius 1 is 1.22 bits per heavy atom. The summed E-state index contributed by atoms with van der Waals surface area (Å²) in [7, 11) is 0. The number of anilines is 1. The summed E-state index contributed by atoms with van der Waals surface area (Å²) in [6.07, 6.45) is 0. The lowest BCUT2D eigenvalue weighted by Gasteiger charge is -2.10. The third-order valence-electron chi connectivity index (χ3n) is 2.61. The molecule has 0 saturated heterocycles. The Kier molecular flexibility index (Phi) is 3.72. The van der Waals surface area contributed by atoms with Crippen LogP contribution in [0.3, 0.4) is 0 Å². The SMILES string of the molecule is Cc1cc(Cl)ccc1NCc1cc(O)cc(F)c1. The molecular weight excluding hydrogens is 253 g/mol. The van der Waals surface area contributed by atoms with Gasteiger partial charge in [0, 0.05) is 23.3 Å². The Morgan fingerprint density at radius 3 is 2.67 bits per heavy atom. The minimum absolute atomic E-state index is 0.0698. The first-order valence-electron chi connectivity index (χ1n) is 5.53. The number of aryl methyl sites for hydroxylation is 1. The zero-order valence-corrected chi connectivity index (χ0v) is 10.6. The van der Waals surface area contributed by atoms with Crippen molar-refractivity contribution >= 4 is 17.3 Å². The molecule has 0 spiro atoms. The fourth-order valence-electron chi connectivity index (χ4n) is 1.76. The molecule has 18 heavy (non-hydrogen) atoms. The topological polar surface area (TPSA) is 32.3 Å². The van der Waals surface area contributed by atoms with Crippen LogP contribution in [0.1, 0.15) is 11.1 Å². The van der Waals surface area contributed by atoms with Gasteiger partial charge in [-0.1, -0.05) is 11.6 Å². The van der Waals surface area contributed by atoms with Crippen LogP contribution in [0.2, 0.25) is 5.02 Å². The quantitative estimate of drug-likeness (QED) is 0.875. The van der Waals surface area contributed by atoms with Crippen LogP contribution in [0.15, 0.2) is 36.4 Å². The van der Waals surface area contributed by atoms with E-state index in [4.69, 9.17) is 11.6 Å². The Hall–Kier alpha value is -1.74. The van der Waals surface area contributed by atoms with Crippen molar-refractivity contribution in [3.05, 3.63) is 58.4 Å². The lowest BCUT2D eigenvalue weighted by molar-refractivity contribution is 0.468. The average molecular weight is 266 g/mol. The van der Waals surface area contributed by atoms with Gasteiger partial charge in [0.25, 0.3) is 0 Å². The number of phenolic OH excluding ortho intramolecular Hbond substituents is 1. The summed E-state index contributed by atoms with van der Waals surface area (Å²) in [6.45, 7) is 2.38. The number of hydrogen-bond acceptors (Lipinski definition) is 2. The summed E-state index contributed by atoms with van der Waals surface area (Å²) in [4.78, 5) is 0. The Bertz CT molecular complexity index is 551. The van der Waals surface area contributed by atoms with E-state index in [1.54, 1.807) is 6.07 Å². The van der Waals surface area contributed by atoms with Crippen LogP contribution in [0.5, 0.6) is 5.75 Å². The standard InChI is InChI=1S/C14H13ClFNO/c1-9-4-11(15)2-3-14(9)17-8-10-5-12(16)7-13(18)6-10/h2-7,17-18H,8H2,1H3. The second-order valence-electron chi connectivity index (χ2n) is 4.13. The molecule has 0 amide bonds. The van der Waals surface area contributed by atoms with Gasteiger partial charge in [0.2, 0.25) is 0 Å². The molecule has 0 atom stereocenters. The van der Waals surface area contributed by atoms with Crippen molar-refractivity contribution in [3.8, 4) is 5.75 Å². The van der Waals surface area contributed by atoms with E-state index in [2.05, 4.69) is 5.32 Å². The Balaban J connectivity index is 2.11. The molecule has 2 aromatic carbocycles. The maximum atomic E-state index is 13.1. The van der Waals surface area contributed by atoms with Gasteiger partial charge in [-0.25, -0.2) is 4.39 Å². The molecule has 0 aromatic heterocycles. The molecule has 2 nitrogen and oxygen atoms in total. The summed E-state index contributed by atoms with van der Waals surface area (Å²) in [5.74, 6) is -0.515. The molecule has 0 heterocycles. The second kappa shape index (κ2) is 5.27. The molecule has 0 fully saturated rings. The van der Waals surface area contributed by atoms with E-state index in [-0.39, 0.29) is 5.75 Å². The number of rotatable bonds is 3. The third kappa shape index (κ3) is 3.14. The molecule has 0 radical (unpaired) electrons. The Labute approximate surface area is 110 Å². The van der Waals surface area contributed by atoms with E-state index in [0.29, 0.717) is 17.1 Å². The molecule has 94 valence electrons. The van der Waals surface area contributed by atoms with Crippen LogP contribution < -0.4 is 5.32 Å². The van der Waals surface area contributed by atoms with Crippen LogP contribution in [-0.2, 0) is 6.54 Å². The second-order valence-corrected chi connectivity index (χ2v) is 4.57. The zero-order valence-electron chi connectivity index (χ0n) is 9.87. The lowest BCUT2D eigenvalue weighted by atomic mass is 10.1. The number of benzene rings is 2. The van der Waals surface area contributed by atoms with E-state index >= 15 is 0 Å². The van der Waals surface area contributed by atoms with Crippen molar-refractivity contribution < 1.29 is 9.50 Å². The summed E-state index contributed by atoms with van der Waals surface area (Å²) in [5, 5.41) is 13.2. The number of hydrogen-bond donors (Lipinski definition) is 2. The first-order valence-corrected chi connectivity index (χ1v) is 5.91. The molecule has 0 aliphatic rings. The summed E-state index contributed by atoms with van der Waals surface area (Å²) in [6, 6.07) is 9.51. The lowest BCUT2D eigenvalue weighted by Crippen LogP contribution is -2.01. The molecule has 0 unspecified atom stereocenters. The molecule has 0 aliphatic heterocycles. The van der Waals surface area contributed by atoms with Gasteiger partial charge in [-0.3, -0.25) is 0 Å². The molecule has 2 N–H and O–H groups in total. The van der Waals surface area contributed by atoms with Gasteiger partial charge in [-0.05, 0) is 48.4 Å². The number of aromatic hydroxyl groups is 1. The van der Waals surface area contributed by atoms with Crippen molar-refractivity contribution in [2.75, 3.05) is 5.32 Å². The molecule has 2 rings (SSSR count). The van der Waals surface area contributed by atoms with Gasteiger partial charge >= 0.3 is 0 Å². The normalized spacial score (nSPS) is 10.4. The van der Waals surface area contributed by atoms with Crippen molar-refractivity contribution in [2.24, 2.45) is 0 Å². The molecule has 4 heteroatoms. The number of phenols is 1. The monoisotopic (exact) mass is 265 g/mol. The fourth-order valence-corrected chi connectivity index (χ4v) is 1.98. The average Bonchev–Trinajstić information content (AvgIpc) is 2.26. The first-order chi connectivity index (χ1) is 8.54. The van der Waals surface area contributed by atoms with Crippen LogP contribution in [0, 0.1) is 12.7 Å². The first kappa shape index (κ1) is 12.7. The predicted molar refractivity (Wildman–Crippen MR) is 71.6 cm³/mol. The van der Waals surface area contributed by atoms with Crippen LogP contribution in [0.25, 0.3) is 0 Å². The maximum Gasteiger partial charge on any atom is 0.127 e. The van der Waals surface area contributed by atoms with Crippen molar-refractivity contribution in [1.82, 2.24) is 0 Å². The van der Waals surface area contributed by atoms with Crippen molar-refractivity contribution in [2.45, 2.75) is 13.5 Å². The largest absolute Gasteiger partial charge is 0.508 e. The van der Waals surface area contributed by atoms with E-state index < -0.39 is 5.82 Å². The highest BCUT2D eigenvalue weighted by atomic mass is 35.5. The highest BCUT2D eigenvalue weighted by Gasteiger charge is 2.02. The molecule has 2 aromatic rings. The van der Waals surface area contributed by atoms with Gasteiger partial charge in [0.05, 0.1) is 0 Å².